The number of ether oxygens (including phenoxy) is 2. The molecule has 0 radical (unpaired) electrons. The summed E-state index contributed by atoms with van der Waals surface area (Å²) in [5.74, 6) is -1.05. The summed E-state index contributed by atoms with van der Waals surface area (Å²) < 4.78 is 32.4. The molecular weight excluding hydrogens is 683 g/mol. The number of carbonyl (C=O) groups excluding carboxylic acids is 2. The molecule has 0 fully saturated rings. The fourth-order valence-electron chi connectivity index (χ4n) is 5.12. The van der Waals surface area contributed by atoms with Gasteiger partial charge >= 0.3 is 19.8 Å². The minimum atomic E-state index is -4.64. The Balaban J connectivity index is 3.97. The van der Waals surface area contributed by atoms with Crippen molar-refractivity contribution in [2.45, 2.75) is 174 Å². The summed E-state index contributed by atoms with van der Waals surface area (Å²) >= 11 is 0. The minimum absolute atomic E-state index is 0.176. The van der Waals surface area contributed by atoms with E-state index < -0.39 is 58.4 Å². The molecule has 0 aromatic carbocycles. The number of phosphoric acid groups is 1. The summed E-state index contributed by atoms with van der Waals surface area (Å²) in [6.45, 7) is 2.07. The first kappa shape index (κ1) is 49.9. The van der Waals surface area contributed by atoms with Crippen LogP contribution in [0, 0.1) is 0 Å². The van der Waals surface area contributed by atoms with Crippen LogP contribution in [-0.4, -0.2) is 65.7 Å². The van der Waals surface area contributed by atoms with Crippen LogP contribution >= 0.6 is 7.82 Å². The highest BCUT2D eigenvalue weighted by molar-refractivity contribution is 7.47. The van der Waals surface area contributed by atoms with Crippen LogP contribution in [0.3, 0.4) is 0 Å². The Morgan fingerprint density at radius 3 is 1.31 bits per heavy atom. The van der Waals surface area contributed by atoms with Crippen molar-refractivity contribution in [2.24, 2.45) is 0 Å². The van der Waals surface area contributed by atoms with Gasteiger partial charge in [0.05, 0.1) is 26.4 Å². The molecule has 0 aliphatic carbocycles. The van der Waals surface area contributed by atoms with Crippen LogP contribution in [0.15, 0.2) is 48.6 Å². The summed E-state index contributed by atoms with van der Waals surface area (Å²) in [7, 11) is -4.64. The number of aliphatic hydroxyl groups is 2. The quantitative estimate of drug-likeness (QED) is 0.0242. The summed E-state index contributed by atoms with van der Waals surface area (Å²) in [5.41, 5.74) is 0. The van der Waals surface area contributed by atoms with E-state index in [0.29, 0.717) is 12.8 Å². The van der Waals surface area contributed by atoms with E-state index in [1.807, 2.05) is 0 Å². The summed E-state index contributed by atoms with van der Waals surface area (Å²) in [4.78, 5) is 34.4. The number of aliphatic hydroxyl groups excluding tert-OH is 2. The number of phosphoric ester groups is 1. The maximum absolute atomic E-state index is 12.3. The predicted molar refractivity (Wildman–Crippen MR) is 210 cm³/mol. The first-order valence-electron chi connectivity index (χ1n) is 20.1. The van der Waals surface area contributed by atoms with Crippen LogP contribution in [0.4, 0.5) is 0 Å². The van der Waals surface area contributed by atoms with Crippen LogP contribution in [0.25, 0.3) is 0 Å². The molecule has 0 rings (SSSR count). The van der Waals surface area contributed by atoms with Crippen molar-refractivity contribution in [3.05, 3.63) is 48.6 Å². The average molecular weight is 757 g/mol. The van der Waals surface area contributed by atoms with Gasteiger partial charge in [0.2, 0.25) is 0 Å². The molecule has 0 saturated heterocycles. The van der Waals surface area contributed by atoms with Gasteiger partial charge in [-0.25, -0.2) is 4.57 Å². The molecule has 0 aromatic rings. The van der Waals surface area contributed by atoms with E-state index in [1.54, 1.807) is 0 Å². The van der Waals surface area contributed by atoms with Gasteiger partial charge in [0.25, 0.3) is 0 Å². The van der Waals surface area contributed by atoms with E-state index in [1.165, 1.54) is 25.7 Å². The van der Waals surface area contributed by atoms with Gasteiger partial charge in [-0.3, -0.25) is 18.6 Å². The van der Waals surface area contributed by atoms with Crippen LogP contribution in [0.5, 0.6) is 0 Å². The molecule has 3 atom stereocenters. The topological polar surface area (TPSA) is 149 Å². The fraction of sp³-hybridized carbons (Fsp3) is 0.756. The van der Waals surface area contributed by atoms with Crippen LogP contribution in [0.1, 0.15) is 162 Å². The maximum Gasteiger partial charge on any atom is 0.472 e. The van der Waals surface area contributed by atoms with E-state index in [9.17, 15) is 29.3 Å². The number of rotatable bonds is 37. The Labute approximate surface area is 315 Å². The molecule has 0 aliphatic rings. The van der Waals surface area contributed by atoms with Gasteiger partial charge in [-0.2, -0.15) is 0 Å². The Bertz CT molecular complexity index is 1010. The SMILES string of the molecule is CCC/C=C\CCCCCCCC(=O)OC(CO)COP(=O)(O)OCC(CO)OC(=O)CCCCCCCC/C=C\C/C=C\C/C=C\CCCCC. The molecule has 0 saturated carbocycles. The third kappa shape index (κ3) is 35.0. The van der Waals surface area contributed by atoms with Gasteiger partial charge in [-0.1, -0.05) is 127 Å². The van der Waals surface area contributed by atoms with Crippen molar-refractivity contribution in [1.82, 2.24) is 0 Å². The largest absolute Gasteiger partial charge is 0.472 e. The van der Waals surface area contributed by atoms with Gasteiger partial charge in [-0.15, -0.1) is 0 Å². The molecule has 3 unspecified atom stereocenters. The zero-order chi connectivity index (χ0) is 38.4. The summed E-state index contributed by atoms with van der Waals surface area (Å²) in [6, 6.07) is 0. The first-order chi connectivity index (χ1) is 25.3. The highest BCUT2D eigenvalue weighted by Crippen LogP contribution is 2.43. The predicted octanol–water partition coefficient (Wildman–Crippen LogP) is 10.2. The van der Waals surface area contributed by atoms with Gasteiger partial charge in [0.1, 0.15) is 12.2 Å². The number of unbranched alkanes of at least 4 members (excludes halogenated alkanes) is 15. The number of carbonyl (C=O) groups is 2. The molecule has 0 aromatic heterocycles. The Kier molecular flexibility index (Phi) is 35.8. The lowest BCUT2D eigenvalue weighted by atomic mass is 10.1. The molecule has 10 nitrogen and oxygen atoms in total. The van der Waals surface area contributed by atoms with Crippen molar-refractivity contribution in [3.63, 3.8) is 0 Å². The van der Waals surface area contributed by atoms with Crippen molar-refractivity contribution in [2.75, 3.05) is 26.4 Å². The smallest absolute Gasteiger partial charge is 0.457 e. The lowest BCUT2D eigenvalue weighted by Gasteiger charge is -2.20. The molecule has 52 heavy (non-hydrogen) atoms. The summed E-state index contributed by atoms with van der Waals surface area (Å²) in [5, 5.41) is 19.1. The lowest BCUT2D eigenvalue weighted by molar-refractivity contribution is -0.153. The third-order valence-electron chi connectivity index (χ3n) is 8.24. The highest BCUT2D eigenvalue weighted by atomic mass is 31.2. The Hall–Kier alpha value is -2.07. The van der Waals surface area contributed by atoms with E-state index in [4.69, 9.17) is 18.5 Å². The van der Waals surface area contributed by atoms with E-state index in [2.05, 4.69) is 62.5 Å². The van der Waals surface area contributed by atoms with Crippen molar-refractivity contribution in [3.8, 4) is 0 Å². The maximum atomic E-state index is 12.3. The van der Waals surface area contributed by atoms with E-state index in [-0.39, 0.29) is 12.8 Å². The standard InChI is InChI=1S/C41H73O10P/c1-3-5-7-9-11-13-15-16-17-18-19-20-21-22-23-25-27-29-31-33-41(45)51-39(35-43)37-49-52(46,47)48-36-38(34-42)50-40(44)32-30-28-26-24-14-12-10-8-6-4-2/h8,10-11,13,16-17,19-20,38-39,42-43H,3-7,9,12,14-15,18,21-37H2,1-2H3,(H,46,47)/b10-8-,13-11-,17-16-,20-19-. The van der Waals surface area contributed by atoms with Gasteiger partial charge < -0.3 is 24.6 Å². The minimum Gasteiger partial charge on any atom is -0.457 e. The molecule has 0 aliphatic heterocycles. The fourth-order valence-corrected chi connectivity index (χ4v) is 5.91. The second kappa shape index (κ2) is 37.3. The van der Waals surface area contributed by atoms with Crippen LogP contribution < -0.4 is 0 Å². The van der Waals surface area contributed by atoms with Crippen LogP contribution in [0.2, 0.25) is 0 Å². The van der Waals surface area contributed by atoms with Crippen LogP contribution in [-0.2, 0) is 32.7 Å². The van der Waals surface area contributed by atoms with Gasteiger partial charge in [0, 0.05) is 12.8 Å². The Morgan fingerprint density at radius 2 is 0.885 bits per heavy atom. The van der Waals surface area contributed by atoms with Crippen molar-refractivity contribution < 1.29 is 47.8 Å². The average Bonchev–Trinajstić information content (AvgIpc) is 3.13. The zero-order valence-corrected chi connectivity index (χ0v) is 33.4. The number of hydrogen-bond acceptors (Lipinski definition) is 9. The second-order valence-electron chi connectivity index (χ2n) is 13.3. The molecule has 11 heteroatoms. The van der Waals surface area contributed by atoms with E-state index >= 15 is 0 Å². The monoisotopic (exact) mass is 756 g/mol. The van der Waals surface area contributed by atoms with Gasteiger partial charge in [-0.05, 0) is 70.6 Å². The molecular formula is C41H73O10P. The zero-order valence-electron chi connectivity index (χ0n) is 32.5. The molecule has 302 valence electrons. The van der Waals surface area contributed by atoms with Crippen molar-refractivity contribution >= 4 is 19.8 Å². The molecule has 0 heterocycles. The number of allylic oxidation sites excluding steroid dienone is 8. The van der Waals surface area contributed by atoms with Gasteiger partial charge in [0.15, 0.2) is 0 Å². The number of hydrogen-bond donors (Lipinski definition) is 3. The third-order valence-corrected chi connectivity index (χ3v) is 9.20. The Morgan fingerprint density at radius 1 is 0.519 bits per heavy atom. The number of esters is 2. The van der Waals surface area contributed by atoms with Crippen molar-refractivity contribution in [1.29, 1.82) is 0 Å². The first-order valence-corrected chi connectivity index (χ1v) is 21.6. The lowest BCUT2D eigenvalue weighted by Crippen LogP contribution is -2.28. The molecule has 3 N–H and O–H groups in total. The highest BCUT2D eigenvalue weighted by Gasteiger charge is 2.27. The van der Waals surface area contributed by atoms with E-state index in [0.717, 1.165) is 96.3 Å². The summed E-state index contributed by atoms with van der Waals surface area (Å²) in [6.07, 6.45) is 38.1. The normalized spacial score (nSPS) is 14.5. The molecule has 0 bridgehead atoms. The second-order valence-corrected chi connectivity index (χ2v) is 14.7. The molecule has 0 amide bonds. The molecule has 0 spiro atoms.